The smallest absolute Gasteiger partial charge is 0.236 e. The van der Waals surface area contributed by atoms with Crippen LogP contribution >= 0.6 is 39.1 Å². The first kappa shape index (κ1) is 12.4. The molecule has 2 N–H and O–H groups in total. The van der Waals surface area contributed by atoms with Gasteiger partial charge in [0.15, 0.2) is 5.75 Å². The van der Waals surface area contributed by atoms with E-state index in [9.17, 15) is 0 Å². The predicted octanol–water partition coefficient (Wildman–Crippen LogP) is 3.92. The van der Waals surface area contributed by atoms with Crippen molar-refractivity contribution in [2.45, 2.75) is 0 Å². The van der Waals surface area contributed by atoms with E-state index in [1.807, 2.05) is 0 Å². The molecule has 2 aromatic rings. The SMILES string of the molecule is Nc1cc(Cl)c(Cl)cc1Oc1ncncc1Br. The number of aromatic nitrogens is 2. The van der Waals surface area contributed by atoms with Gasteiger partial charge in [-0.3, -0.25) is 0 Å². The predicted molar refractivity (Wildman–Crippen MR) is 70.7 cm³/mol. The van der Waals surface area contributed by atoms with Crippen molar-refractivity contribution in [2.75, 3.05) is 5.73 Å². The van der Waals surface area contributed by atoms with Crippen LogP contribution in [-0.2, 0) is 0 Å². The zero-order chi connectivity index (χ0) is 12.4. The standard InChI is InChI=1S/C10H6BrCl2N3O/c11-5-3-15-4-16-10(5)17-9-2-7(13)6(12)1-8(9)14/h1-4H,14H2. The lowest BCUT2D eigenvalue weighted by molar-refractivity contribution is 0.460. The van der Waals surface area contributed by atoms with Crippen LogP contribution in [0.1, 0.15) is 0 Å². The fraction of sp³-hybridized carbons (Fsp3) is 0. The normalized spacial score (nSPS) is 10.3. The van der Waals surface area contributed by atoms with Gasteiger partial charge in [0, 0.05) is 12.3 Å². The lowest BCUT2D eigenvalue weighted by atomic mass is 10.3. The third-order valence-corrected chi connectivity index (χ3v) is 3.16. The van der Waals surface area contributed by atoms with Crippen LogP contribution in [0.5, 0.6) is 11.6 Å². The van der Waals surface area contributed by atoms with Crippen molar-refractivity contribution in [3.05, 3.63) is 39.2 Å². The summed E-state index contributed by atoms with van der Waals surface area (Å²) in [5.74, 6) is 0.740. The highest BCUT2D eigenvalue weighted by molar-refractivity contribution is 9.10. The van der Waals surface area contributed by atoms with Gasteiger partial charge < -0.3 is 10.5 Å². The van der Waals surface area contributed by atoms with E-state index in [1.165, 1.54) is 18.5 Å². The Morgan fingerprint density at radius 3 is 2.65 bits per heavy atom. The molecule has 0 unspecified atom stereocenters. The van der Waals surface area contributed by atoms with Gasteiger partial charge in [-0.15, -0.1) is 0 Å². The first-order valence-corrected chi connectivity index (χ1v) is 6.00. The Hall–Kier alpha value is -1.04. The highest BCUT2D eigenvalue weighted by Crippen LogP contribution is 2.35. The van der Waals surface area contributed by atoms with Crippen molar-refractivity contribution >= 4 is 44.8 Å². The molecule has 4 nitrogen and oxygen atoms in total. The number of ether oxygens (including phenoxy) is 1. The number of halogens is 3. The van der Waals surface area contributed by atoms with Crippen LogP contribution in [0.3, 0.4) is 0 Å². The molecular formula is C10H6BrCl2N3O. The van der Waals surface area contributed by atoms with Crippen molar-refractivity contribution in [3.8, 4) is 11.6 Å². The van der Waals surface area contributed by atoms with Crippen molar-refractivity contribution in [1.29, 1.82) is 0 Å². The van der Waals surface area contributed by atoms with Gasteiger partial charge in [0.1, 0.15) is 6.33 Å². The molecule has 1 heterocycles. The summed E-state index contributed by atoms with van der Waals surface area (Å²) in [6.07, 6.45) is 2.93. The number of anilines is 1. The van der Waals surface area contributed by atoms with Crippen molar-refractivity contribution in [2.24, 2.45) is 0 Å². The highest BCUT2D eigenvalue weighted by atomic mass is 79.9. The van der Waals surface area contributed by atoms with Crippen LogP contribution in [0.25, 0.3) is 0 Å². The third-order valence-electron chi connectivity index (χ3n) is 1.89. The van der Waals surface area contributed by atoms with E-state index in [1.54, 1.807) is 6.20 Å². The molecule has 0 radical (unpaired) electrons. The van der Waals surface area contributed by atoms with Crippen LogP contribution in [-0.4, -0.2) is 9.97 Å². The Labute approximate surface area is 116 Å². The second kappa shape index (κ2) is 5.08. The monoisotopic (exact) mass is 333 g/mol. The molecule has 0 fully saturated rings. The average Bonchev–Trinajstić information content (AvgIpc) is 2.29. The van der Waals surface area contributed by atoms with Crippen LogP contribution in [0, 0.1) is 0 Å². The van der Waals surface area contributed by atoms with Gasteiger partial charge in [-0.2, -0.15) is 0 Å². The van der Waals surface area contributed by atoms with Crippen LogP contribution in [0.2, 0.25) is 10.0 Å². The lowest BCUT2D eigenvalue weighted by Gasteiger charge is -2.09. The number of benzene rings is 1. The van der Waals surface area contributed by atoms with Gasteiger partial charge in [-0.05, 0) is 22.0 Å². The summed E-state index contributed by atoms with van der Waals surface area (Å²) >= 11 is 15.0. The third kappa shape index (κ3) is 2.80. The Bertz CT molecular complexity index is 565. The van der Waals surface area contributed by atoms with E-state index in [-0.39, 0.29) is 0 Å². The van der Waals surface area contributed by atoms with Crippen molar-refractivity contribution < 1.29 is 4.74 Å². The summed E-state index contributed by atoms with van der Waals surface area (Å²) in [4.78, 5) is 7.78. The minimum atomic E-state index is 0.352. The summed E-state index contributed by atoms with van der Waals surface area (Å²) in [5, 5.41) is 0.735. The molecule has 2 rings (SSSR count). The maximum atomic E-state index is 5.88. The molecule has 0 saturated heterocycles. The number of nitrogens with zero attached hydrogens (tertiary/aromatic N) is 2. The quantitative estimate of drug-likeness (QED) is 0.845. The van der Waals surface area contributed by atoms with E-state index in [4.69, 9.17) is 33.7 Å². The topological polar surface area (TPSA) is 61.0 Å². The highest BCUT2D eigenvalue weighted by Gasteiger charge is 2.10. The number of rotatable bonds is 2. The zero-order valence-corrected chi connectivity index (χ0v) is 11.4. The lowest BCUT2D eigenvalue weighted by Crippen LogP contribution is -1.95. The van der Waals surface area contributed by atoms with Crippen LogP contribution in [0.4, 0.5) is 5.69 Å². The van der Waals surface area contributed by atoms with Gasteiger partial charge in [0.25, 0.3) is 0 Å². The minimum Gasteiger partial charge on any atom is -0.436 e. The van der Waals surface area contributed by atoms with E-state index in [2.05, 4.69) is 25.9 Å². The average molecular weight is 335 g/mol. The molecule has 0 spiro atoms. The molecule has 88 valence electrons. The molecule has 0 aliphatic carbocycles. The Kier molecular flexibility index (Phi) is 3.71. The molecule has 0 saturated carbocycles. The molecule has 0 amide bonds. The number of hydrogen-bond acceptors (Lipinski definition) is 4. The summed E-state index contributed by atoms with van der Waals surface area (Å²) < 4.78 is 6.13. The molecule has 17 heavy (non-hydrogen) atoms. The molecule has 7 heteroatoms. The number of nitrogens with two attached hydrogens (primary N) is 1. The van der Waals surface area contributed by atoms with E-state index >= 15 is 0 Å². The molecule has 0 aliphatic rings. The number of nitrogen functional groups attached to an aromatic ring is 1. The Morgan fingerprint density at radius 2 is 1.94 bits per heavy atom. The van der Waals surface area contributed by atoms with Gasteiger partial charge in [0.2, 0.25) is 5.88 Å². The largest absolute Gasteiger partial charge is 0.436 e. The molecule has 0 aliphatic heterocycles. The Balaban J connectivity index is 2.37. The summed E-state index contributed by atoms with van der Waals surface area (Å²) in [6.45, 7) is 0. The van der Waals surface area contributed by atoms with Crippen LogP contribution in [0.15, 0.2) is 29.1 Å². The summed E-state index contributed by atoms with van der Waals surface area (Å²) in [6, 6.07) is 3.06. The van der Waals surface area contributed by atoms with Gasteiger partial charge >= 0.3 is 0 Å². The van der Waals surface area contributed by atoms with Gasteiger partial charge in [0.05, 0.1) is 20.2 Å². The second-order valence-corrected chi connectivity index (χ2v) is 4.75. The fourth-order valence-corrected chi connectivity index (χ4v) is 1.74. The van der Waals surface area contributed by atoms with Gasteiger partial charge in [-0.1, -0.05) is 23.2 Å². The first-order valence-electron chi connectivity index (χ1n) is 4.46. The summed E-state index contributed by atoms with van der Waals surface area (Å²) in [7, 11) is 0. The minimum absolute atomic E-state index is 0.352. The molecule has 0 bridgehead atoms. The molecule has 0 atom stereocenters. The summed E-state index contributed by atoms with van der Waals surface area (Å²) in [5.41, 5.74) is 6.14. The maximum Gasteiger partial charge on any atom is 0.236 e. The van der Waals surface area contributed by atoms with E-state index in [0.29, 0.717) is 31.8 Å². The van der Waals surface area contributed by atoms with Crippen molar-refractivity contribution in [1.82, 2.24) is 9.97 Å². The number of hydrogen-bond donors (Lipinski definition) is 1. The molecular weight excluding hydrogens is 329 g/mol. The fourth-order valence-electron chi connectivity index (χ4n) is 1.11. The Morgan fingerprint density at radius 1 is 1.24 bits per heavy atom. The molecule has 1 aromatic heterocycles. The van der Waals surface area contributed by atoms with E-state index in [0.717, 1.165) is 0 Å². The van der Waals surface area contributed by atoms with E-state index < -0.39 is 0 Å². The van der Waals surface area contributed by atoms with Crippen molar-refractivity contribution in [3.63, 3.8) is 0 Å². The van der Waals surface area contributed by atoms with Crippen LogP contribution < -0.4 is 10.5 Å². The second-order valence-electron chi connectivity index (χ2n) is 3.08. The van der Waals surface area contributed by atoms with Gasteiger partial charge in [-0.25, -0.2) is 9.97 Å². The first-order chi connectivity index (χ1) is 8.08. The molecule has 1 aromatic carbocycles. The maximum absolute atomic E-state index is 5.88. The zero-order valence-electron chi connectivity index (χ0n) is 8.32.